The van der Waals surface area contributed by atoms with Gasteiger partial charge in [-0.1, -0.05) is 33.6 Å². The van der Waals surface area contributed by atoms with Gasteiger partial charge in [-0.15, -0.1) is 0 Å². The third-order valence-corrected chi connectivity index (χ3v) is 3.07. The van der Waals surface area contributed by atoms with Crippen molar-refractivity contribution >= 4 is 0 Å². The van der Waals surface area contributed by atoms with Gasteiger partial charge in [-0.2, -0.15) is 0 Å². The smallest absolute Gasteiger partial charge is 0.000792 e. The van der Waals surface area contributed by atoms with Crippen molar-refractivity contribution in [2.24, 2.45) is 11.3 Å². The SMILES string of the molecule is CCCCC1(CNCC(C)C)CC1. The average molecular weight is 183 g/mol. The second kappa shape index (κ2) is 4.99. The fourth-order valence-corrected chi connectivity index (χ4v) is 1.87. The van der Waals surface area contributed by atoms with Crippen LogP contribution in [0.15, 0.2) is 0 Å². The summed E-state index contributed by atoms with van der Waals surface area (Å²) in [6.45, 7) is 9.30. The second-order valence-electron chi connectivity index (χ2n) is 5.13. The molecule has 0 aromatic rings. The van der Waals surface area contributed by atoms with E-state index in [9.17, 15) is 0 Å². The topological polar surface area (TPSA) is 12.0 Å². The Bertz CT molecular complexity index is 136. The Labute approximate surface area is 83.3 Å². The van der Waals surface area contributed by atoms with Crippen LogP contribution in [0, 0.1) is 11.3 Å². The van der Waals surface area contributed by atoms with Gasteiger partial charge in [0, 0.05) is 6.54 Å². The summed E-state index contributed by atoms with van der Waals surface area (Å²) >= 11 is 0. The highest BCUT2D eigenvalue weighted by atomic mass is 14.9. The number of unbranched alkanes of at least 4 members (excludes halogenated alkanes) is 1. The van der Waals surface area contributed by atoms with Gasteiger partial charge in [0.05, 0.1) is 0 Å². The van der Waals surface area contributed by atoms with Crippen molar-refractivity contribution in [3.63, 3.8) is 0 Å². The molecule has 1 N–H and O–H groups in total. The van der Waals surface area contributed by atoms with Gasteiger partial charge in [-0.25, -0.2) is 0 Å². The predicted octanol–water partition coefficient (Wildman–Crippen LogP) is 3.20. The molecular formula is C12H25N. The molecule has 1 fully saturated rings. The number of nitrogens with one attached hydrogen (secondary N) is 1. The van der Waals surface area contributed by atoms with Crippen LogP contribution in [0.4, 0.5) is 0 Å². The van der Waals surface area contributed by atoms with E-state index in [1.807, 2.05) is 0 Å². The molecule has 0 heterocycles. The molecule has 0 unspecified atom stereocenters. The molecule has 0 radical (unpaired) electrons. The van der Waals surface area contributed by atoms with Crippen LogP contribution in [0.2, 0.25) is 0 Å². The summed E-state index contributed by atoms with van der Waals surface area (Å²) in [6.07, 6.45) is 7.17. The first-order valence-corrected chi connectivity index (χ1v) is 5.89. The van der Waals surface area contributed by atoms with Crippen LogP contribution in [0.3, 0.4) is 0 Å². The van der Waals surface area contributed by atoms with E-state index in [1.165, 1.54) is 45.2 Å². The number of hydrogen-bond donors (Lipinski definition) is 1. The highest BCUT2D eigenvalue weighted by Gasteiger charge is 2.40. The third kappa shape index (κ3) is 4.12. The Morgan fingerprint density at radius 2 is 2.00 bits per heavy atom. The summed E-state index contributed by atoms with van der Waals surface area (Å²) in [5.41, 5.74) is 0.727. The summed E-state index contributed by atoms with van der Waals surface area (Å²) in [7, 11) is 0. The van der Waals surface area contributed by atoms with E-state index in [0.29, 0.717) is 0 Å². The maximum atomic E-state index is 3.60. The first-order chi connectivity index (χ1) is 6.18. The minimum atomic E-state index is 0.727. The molecule has 0 aromatic carbocycles. The lowest BCUT2D eigenvalue weighted by Crippen LogP contribution is -2.27. The van der Waals surface area contributed by atoms with Gasteiger partial charge in [0.25, 0.3) is 0 Å². The zero-order valence-corrected chi connectivity index (χ0v) is 9.53. The van der Waals surface area contributed by atoms with Gasteiger partial charge in [0.15, 0.2) is 0 Å². The summed E-state index contributed by atoms with van der Waals surface area (Å²) in [4.78, 5) is 0. The first kappa shape index (κ1) is 11.0. The van der Waals surface area contributed by atoms with Gasteiger partial charge in [-0.3, -0.25) is 0 Å². The van der Waals surface area contributed by atoms with Crippen LogP contribution in [0.25, 0.3) is 0 Å². The third-order valence-electron chi connectivity index (χ3n) is 3.07. The van der Waals surface area contributed by atoms with Crippen molar-refractivity contribution in [3.05, 3.63) is 0 Å². The fraction of sp³-hybridized carbons (Fsp3) is 1.00. The van der Waals surface area contributed by atoms with E-state index in [1.54, 1.807) is 0 Å². The maximum absolute atomic E-state index is 3.60. The Balaban J connectivity index is 2.05. The Kier molecular flexibility index (Phi) is 4.24. The highest BCUT2D eigenvalue weighted by Crippen LogP contribution is 2.49. The van der Waals surface area contributed by atoms with E-state index < -0.39 is 0 Å². The molecule has 13 heavy (non-hydrogen) atoms. The quantitative estimate of drug-likeness (QED) is 0.639. The molecule has 1 nitrogen and oxygen atoms in total. The van der Waals surface area contributed by atoms with Gasteiger partial charge in [0.1, 0.15) is 0 Å². The Morgan fingerprint density at radius 3 is 2.46 bits per heavy atom. The van der Waals surface area contributed by atoms with Gasteiger partial charge < -0.3 is 5.32 Å². The van der Waals surface area contributed by atoms with Crippen LogP contribution >= 0.6 is 0 Å². The molecule has 1 aliphatic rings. The van der Waals surface area contributed by atoms with E-state index >= 15 is 0 Å². The maximum Gasteiger partial charge on any atom is 0.000792 e. The highest BCUT2D eigenvalue weighted by molar-refractivity contribution is 4.94. The minimum absolute atomic E-state index is 0.727. The fourth-order valence-electron chi connectivity index (χ4n) is 1.87. The van der Waals surface area contributed by atoms with Crippen molar-refractivity contribution in [3.8, 4) is 0 Å². The lowest BCUT2D eigenvalue weighted by Gasteiger charge is -2.16. The molecule has 0 bridgehead atoms. The molecule has 0 atom stereocenters. The molecule has 0 saturated heterocycles. The number of hydrogen-bond acceptors (Lipinski definition) is 1. The predicted molar refractivity (Wildman–Crippen MR) is 58.9 cm³/mol. The summed E-state index contributed by atoms with van der Waals surface area (Å²) in [5, 5.41) is 3.60. The zero-order chi connectivity index (χ0) is 9.73. The van der Waals surface area contributed by atoms with Gasteiger partial charge in [0.2, 0.25) is 0 Å². The first-order valence-electron chi connectivity index (χ1n) is 5.89. The van der Waals surface area contributed by atoms with Crippen LogP contribution in [-0.2, 0) is 0 Å². The molecule has 0 aromatic heterocycles. The molecule has 1 saturated carbocycles. The van der Waals surface area contributed by atoms with E-state index in [4.69, 9.17) is 0 Å². The average Bonchev–Trinajstić information content (AvgIpc) is 2.82. The second-order valence-corrected chi connectivity index (χ2v) is 5.13. The zero-order valence-electron chi connectivity index (χ0n) is 9.53. The Morgan fingerprint density at radius 1 is 1.31 bits per heavy atom. The largest absolute Gasteiger partial charge is 0.316 e. The van der Waals surface area contributed by atoms with E-state index in [0.717, 1.165) is 11.3 Å². The molecule has 78 valence electrons. The van der Waals surface area contributed by atoms with Crippen molar-refractivity contribution in [1.82, 2.24) is 5.32 Å². The molecular weight excluding hydrogens is 158 g/mol. The normalized spacial score (nSPS) is 19.4. The van der Waals surface area contributed by atoms with Crippen molar-refractivity contribution in [2.45, 2.75) is 52.9 Å². The van der Waals surface area contributed by atoms with Crippen molar-refractivity contribution in [2.75, 3.05) is 13.1 Å². The molecule has 1 heteroatoms. The van der Waals surface area contributed by atoms with Crippen LogP contribution in [0.5, 0.6) is 0 Å². The minimum Gasteiger partial charge on any atom is -0.316 e. The van der Waals surface area contributed by atoms with E-state index in [2.05, 4.69) is 26.1 Å². The van der Waals surface area contributed by atoms with Gasteiger partial charge in [-0.05, 0) is 37.1 Å². The molecule has 0 aliphatic heterocycles. The monoisotopic (exact) mass is 183 g/mol. The summed E-state index contributed by atoms with van der Waals surface area (Å²) < 4.78 is 0. The van der Waals surface area contributed by atoms with E-state index in [-0.39, 0.29) is 0 Å². The van der Waals surface area contributed by atoms with Gasteiger partial charge >= 0.3 is 0 Å². The lowest BCUT2D eigenvalue weighted by molar-refractivity contribution is 0.397. The van der Waals surface area contributed by atoms with Crippen LogP contribution in [-0.4, -0.2) is 13.1 Å². The molecule has 0 spiro atoms. The standard InChI is InChI=1S/C12H25N/c1-4-5-6-12(7-8-12)10-13-9-11(2)3/h11,13H,4-10H2,1-3H3. The number of rotatable bonds is 7. The lowest BCUT2D eigenvalue weighted by atomic mass is 9.99. The van der Waals surface area contributed by atoms with Crippen LogP contribution < -0.4 is 5.32 Å². The van der Waals surface area contributed by atoms with Crippen molar-refractivity contribution < 1.29 is 0 Å². The Hall–Kier alpha value is -0.0400. The summed E-state index contributed by atoms with van der Waals surface area (Å²) in [5.74, 6) is 0.793. The molecule has 1 aliphatic carbocycles. The summed E-state index contributed by atoms with van der Waals surface area (Å²) in [6, 6.07) is 0. The molecule has 0 amide bonds. The van der Waals surface area contributed by atoms with Crippen LogP contribution in [0.1, 0.15) is 52.9 Å². The molecule has 1 rings (SSSR count). The van der Waals surface area contributed by atoms with Crippen molar-refractivity contribution in [1.29, 1.82) is 0 Å².